The van der Waals surface area contributed by atoms with Gasteiger partial charge < -0.3 is 15.5 Å². The van der Waals surface area contributed by atoms with Crippen molar-refractivity contribution in [3.8, 4) is 0 Å². The van der Waals surface area contributed by atoms with E-state index in [9.17, 15) is 9.59 Å². The van der Waals surface area contributed by atoms with Gasteiger partial charge in [0.1, 0.15) is 0 Å². The van der Waals surface area contributed by atoms with Gasteiger partial charge in [-0.3, -0.25) is 0 Å². The molecule has 0 unspecified atom stereocenters. The topological polar surface area (TPSA) is 86.6 Å². The fourth-order valence-electron chi connectivity index (χ4n) is 1.05. The summed E-state index contributed by atoms with van der Waals surface area (Å²) in [6, 6.07) is 5.18. The van der Waals surface area contributed by atoms with Gasteiger partial charge in [0, 0.05) is 5.69 Å². The Labute approximate surface area is 86.4 Å². The molecule has 0 radical (unpaired) electrons. The average molecular weight is 209 g/mol. The Hall–Kier alpha value is -2.04. The van der Waals surface area contributed by atoms with Crippen LogP contribution in [0, 0.1) is 6.92 Å². The van der Waals surface area contributed by atoms with Gasteiger partial charge in [-0.1, -0.05) is 17.7 Å². The maximum Gasteiger partial charge on any atom is 0.337 e. The second-order valence-corrected chi connectivity index (χ2v) is 3.12. The molecule has 0 saturated heterocycles. The summed E-state index contributed by atoms with van der Waals surface area (Å²) in [6.07, 6.45) is 0. The van der Waals surface area contributed by atoms with E-state index in [1.54, 1.807) is 24.3 Å². The van der Waals surface area contributed by atoms with Crippen molar-refractivity contribution in [3.63, 3.8) is 0 Å². The number of rotatable bonds is 4. The molecular weight excluding hydrogens is 198 g/mol. The number of carboxylic acid groups (broad SMARTS) is 2. The van der Waals surface area contributed by atoms with Gasteiger partial charge in [-0.2, -0.15) is 0 Å². The molecule has 1 aromatic rings. The normalized spacial score (nSPS) is 10.0. The summed E-state index contributed by atoms with van der Waals surface area (Å²) in [7, 11) is 0. The molecule has 0 bridgehead atoms. The zero-order valence-corrected chi connectivity index (χ0v) is 8.10. The van der Waals surface area contributed by atoms with Crippen LogP contribution in [0.5, 0.6) is 0 Å². The van der Waals surface area contributed by atoms with E-state index in [1.165, 1.54) is 0 Å². The molecule has 1 rings (SSSR count). The first-order valence-corrected chi connectivity index (χ1v) is 4.29. The summed E-state index contributed by atoms with van der Waals surface area (Å²) in [5, 5.41) is 19.6. The molecule has 0 saturated carbocycles. The molecule has 0 heterocycles. The van der Waals surface area contributed by atoms with Crippen LogP contribution in [0.25, 0.3) is 0 Å². The minimum absolute atomic E-state index is 0.468. The third kappa shape index (κ3) is 2.98. The number of benzene rings is 1. The Morgan fingerprint density at radius 3 is 2.00 bits per heavy atom. The number of aliphatic carboxylic acids is 2. The summed E-state index contributed by atoms with van der Waals surface area (Å²) >= 11 is 0. The highest BCUT2D eigenvalue weighted by molar-refractivity contribution is 6.00. The molecule has 80 valence electrons. The van der Waals surface area contributed by atoms with Crippen molar-refractivity contribution in [2.75, 3.05) is 5.32 Å². The van der Waals surface area contributed by atoms with Crippen LogP contribution in [0.4, 0.5) is 5.69 Å². The van der Waals surface area contributed by atoms with Crippen molar-refractivity contribution in [3.05, 3.63) is 29.8 Å². The van der Waals surface area contributed by atoms with Gasteiger partial charge in [-0.25, -0.2) is 9.59 Å². The van der Waals surface area contributed by atoms with E-state index in [1.807, 2.05) is 6.92 Å². The third-order valence-corrected chi connectivity index (χ3v) is 1.86. The Morgan fingerprint density at radius 2 is 1.60 bits per heavy atom. The molecular formula is C10H11NO4. The summed E-state index contributed by atoms with van der Waals surface area (Å²) < 4.78 is 0. The smallest absolute Gasteiger partial charge is 0.337 e. The van der Waals surface area contributed by atoms with Crippen LogP contribution in [-0.2, 0) is 9.59 Å². The van der Waals surface area contributed by atoms with Crippen molar-refractivity contribution in [1.82, 2.24) is 0 Å². The van der Waals surface area contributed by atoms with Crippen LogP contribution in [0.1, 0.15) is 5.56 Å². The molecule has 5 heteroatoms. The Morgan fingerprint density at radius 1 is 1.13 bits per heavy atom. The number of carbonyl (C=O) groups is 2. The lowest BCUT2D eigenvalue weighted by molar-refractivity contribution is -0.148. The molecule has 15 heavy (non-hydrogen) atoms. The number of hydrogen-bond donors (Lipinski definition) is 3. The number of hydrogen-bond acceptors (Lipinski definition) is 3. The lowest BCUT2D eigenvalue weighted by Gasteiger charge is -2.11. The van der Waals surface area contributed by atoms with Crippen molar-refractivity contribution >= 4 is 17.6 Å². The molecule has 3 N–H and O–H groups in total. The third-order valence-electron chi connectivity index (χ3n) is 1.86. The Balaban J connectivity index is 2.79. The first-order valence-electron chi connectivity index (χ1n) is 4.29. The van der Waals surface area contributed by atoms with Crippen LogP contribution in [0.15, 0.2) is 24.3 Å². The first-order chi connectivity index (χ1) is 7.00. The van der Waals surface area contributed by atoms with Crippen molar-refractivity contribution in [2.45, 2.75) is 13.0 Å². The highest BCUT2D eigenvalue weighted by Gasteiger charge is 2.25. The fourth-order valence-corrected chi connectivity index (χ4v) is 1.05. The molecule has 0 fully saturated rings. The van der Waals surface area contributed by atoms with Crippen LogP contribution < -0.4 is 5.32 Å². The zero-order valence-electron chi connectivity index (χ0n) is 8.10. The van der Waals surface area contributed by atoms with Gasteiger partial charge >= 0.3 is 11.9 Å². The molecule has 0 amide bonds. The van der Waals surface area contributed by atoms with E-state index in [0.717, 1.165) is 5.56 Å². The molecule has 5 nitrogen and oxygen atoms in total. The van der Waals surface area contributed by atoms with Crippen LogP contribution in [-0.4, -0.2) is 28.2 Å². The van der Waals surface area contributed by atoms with E-state index in [-0.39, 0.29) is 0 Å². The lowest BCUT2D eigenvalue weighted by Crippen LogP contribution is -2.37. The van der Waals surface area contributed by atoms with Gasteiger partial charge in [0.2, 0.25) is 6.04 Å². The average Bonchev–Trinajstić information content (AvgIpc) is 2.15. The van der Waals surface area contributed by atoms with E-state index < -0.39 is 18.0 Å². The van der Waals surface area contributed by atoms with Gasteiger partial charge in [0.25, 0.3) is 0 Å². The SMILES string of the molecule is Cc1ccc(NC(C(=O)O)C(=O)O)cc1. The first kappa shape index (κ1) is 11.0. The van der Waals surface area contributed by atoms with E-state index in [2.05, 4.69) is 5.32 Å². The minimum Gasteiger partial charge on any atom is -0.479 e. The predicted molar refractivity (Wildman–Crippen MR) is 53.9 cm³/mol. The summed E-state index contributed by atoms with van der Waals surface area (Å²) in [4.78, 5) is 21.1. The number of nitrogens with one attached hydrogen (secondary N) is 1. The van der Waals surface area contributed by atoms with Crippen molar-refractivity contribution < 1.29 is 19.8 Å². The molecule has 0 aliphatic heterocycles. The second kappa shape index (κ2) is 4.45. The quantitative estimate of drug-likeness (QED) is 0.642. The molecule has 0 aliphatic carbocycles. The van der Waals surface area contributed by atoms with Gasteiger partial charge in [-0.05, 0) is 19.1 Å². The number of anilines is 1. The monoisotopic (exact) mass is 209 g/mol. The fraction of sp³-hybridized carbons (Fsp3) is 0.200. The predicted octanol–water partition coefficient (Wildman–Crippen LogP) is 0.945. The largest absolute Gasteiger partial charge is 0.479 e. The molecule has 0 aliphatic rings. The Kier molecular flexibility index (Phi) is 3.28. The van der Waals surface area contributed by atoms with E-state index in [0.29, 0.717) is 5.69 Å². The van der Waals surface area contributed by atoms with Crippen molar-refractivity contribution in [2.24, 2.45) is 0 Å². The maximum atomic E-state index is 10.6. The molecule has 0 atom stereocenters. The highest BCUT2D eigenvalue weighted by Crippen LogP contribution is 2.10. The lowest BCUT2D eigenvalue weighted by atomic mass is 10.2. The molecule has 0 spiro atoms. The van der Waals surface area contributed by atoms with Gasteiger partial charge in [0.05, 0.1) is 0 Å². The van der Waals surface area contributed by atoms with Crippen LogP contribution >= 0.6 is 0 Å². The van der Waals surface area contributed by atoms with Gasteiger partial charge in [-0.15, -0.1) is 0 Å². The molecule has 1 aromatic carbocycles. The number of carboxylic acids is 2. The van der Waals surface area contributed by atoms with Crippen LogP contribution in [0.3, 0.4) is 0 Å². The zero-order chi connectivity index (χ0) is 11.4. The minimum atomic E-state index is -1.62. The van der Waals surface area contributed by atoms with E-state index in [4.69, 9.17) is 10.2 Å². The van der Waals surface area contributed by atoms with E-state index >= 15 is 0 Å². The highest BCUT2D eigenvalue weighted by atomic mass is 16.4. The van der Waals surface area contributed by atoms with Crippen LogP contribution in [0.2, 0.25) is 0 Å². The second-order valence-electron chi connectivity index (χ2n) is 3.12. The standard InChI is InChI=1S/C10H11NO4/c1-6-2-4-7(5-3-6)11-8(9(12)13)10(14)15/h2-5,8,11H,1H3,(H,12,13)(H,14,15). The summed E-state index contributed by atoms with van der Waals surface area (Å²) in [6.45, 7) is 1.88. The molecule has 0 aromatic heterocycles. The maximum absolute atomic E-state index is 10.6. The summed E-state index contributed by atoms with van der Waals surface area (Å²) in [5.74, 6) is -2.83. The van der Waals surface area contributed by atoms with Gasteiger partial charge in [0.15, 0.2) is 0 Å². The van der Waals surface area contributed by atoms with Crippen molar-refractivity contribution in [1.29, 1.82) is 0 Å². The summed E-state index contributed by atoms with van der Waals surface area (Å²) in [5.41, 5.74) is 1.48. The Bertz CT molecular complexity index is 358. The number of aryl methyl sites for hydroxylation is 1.